The lowest BCUT2D eigenvalue weighted by atomic mass is 9.74. The van der Waals surface area contributed by atoms with E-state index in [0.717, 1.165) is 25.7 Å². The second-order valence-corrected chi connectivity index (χ2v) is 4.51. The van der Waals surface area contributed by atoms with Crippen LogP contribution >= 0.6 is 0 Å². The molecule has 1 aliphatic rings. The Morgan fingerprint density at radius 2 is 2.14 bits per heavy atom. The van der Waals surface area contributed by atoms with Crippen molar-refractivity contribution < 1.29 is 4.79 Å². The van der Waals surface area contributed by atoms with Crippen LogP contribution in [0, 0.1) is 5.41 Å². The maximum Gasteiger partial charge on any atom is 0.126 e. The minimum atomic E-state index is 0.00247. The van der Waals surface area contributed by atoms with Crippen LogP contribution in [0.5, 0.6) is 0 Å². The molecule has 0 aromatic rings. The van der Waals surface area contributed by atoms with Gasteiger partial charge in [0, 0.05) is 5.41 Å². The van der Waals surface area contributed by atoms with E-state index in [1.165, 1.54) is 32.0 Å². The summed E-state index contributed by atoms with van der Waals surface area (Å²) in [4.78, 5) is 11.1. The summed E-state index contributed by atoms with van der Waals surface area (Å²) < 4.78 is 0. The zero-order chi connectivity index (χ0) is 10.3. The Kier molecular flexibility index (Phi) is 4.92. The Hall–Kier alpha value is -0.590. The molecule has 0 aliphatic heterocycles. The van der Waals surface area contributed by atoms with E-state index in [2.05, 4.69) is 19.1 Å². The monoisotopic (exact) mass is 194 g/mol. The fourth-order valence-corrected chi connectivity index (χ4v) is 2.21. The standard InChI is InChI=1S/C13H22O/c1-2-3-4-6-9-13(12-14)10-7-5-8-11-13/h5,7,12H,2-4,6,8-11H2,1H3. The van der Waals surface area contributed by atoms with Crippen molar-refractivity contribution in [1.82, 2.24) is 0 Å². The molecule has 0 spiro atoms. The highest BCUT2D eigenvalue weighted by atomic mass is 16.1. The molecule has 1 aliphatic carbocycles. The van der Waals surface area contributed by atoms with E-state index in [1.807, 2.05) is 0 Å². The summed E-state index contributed by atoms with van der Waals surface area (Å²) in [5.74, 6) is 0. The van der Waals surface area contributed by atoms with E-state index in [1.54, 1.807) is 0 Å². The summed E-state index contributed by atoms with van der Waals surface area (Å²) in [5, 5.41) is 0. The molecular weight excluding hydrogens is 172 g/mol. The molecule has 1 rings (SSSR count). The van der Waals surface area contributed by atoms with Crippen LogP contribution in [0.2, 0.25) is 0 Å². The van der Waals surface area contributed by atoms with E-state index in [4.69, 9.17) is 0 Å². The summed E-state index contributed by atoms with van der Waals surface area (Å²) in [7, 11) is 0. The van der Waals surface area contributed by atoms with Crippen molar-refractivity contribution in [2.75, 3.05) is 0 Å². The number of aldehydes is 1. The van der Waals surface area contributed by atoms with Gasteiger partial charge in [-0.2, -0.15) is 0 Å². The maximum atomic E-state index is 11.1. The Morgan fingerprint density at radius 3 is 2.71 bits per heavy atom. The van der Waals surface area contributed by atoms with Gasteiger partial charge in [-0.25, -0.2) is 0 Å². The van der Waals surface area contributed by atoms with Gasteiger partial charge in [0.15, 0.2) is 0 Å². The number of hydrogen-bond acceptors (Lipinski definition) is 1. The molecule has 1 unspecified atom stereocenters. The van der Waals surface area contributed by atoms with E-state index in [-0.39, 0.29) is 5.41 Å². The molecule has 1 nitrogen and oxygen atoms in total. The molecule has 0 heterocycles. The summed E-state index contributed by atoms with van der Waals surface area (Å²) in [6.07, 6.45) is 14.9. The third-order valence-electron chi connectivity index (χ3n) is 3.28. The molecule has 80 valence electrons. The molecule has 0 aromatic heterocycles. The van der Waals surface area contributed by atoms with Crippen molar-refractivity contribution in [3.63, 3.8) is 0 Å². The normalized spacial score (nSPS) is 26.4. The van der Waals surface area contributed by atoms with Gasteiger partial charge in [0.05, 0.1) is 0 Å². The summed E-state index contributed by atoms with van der Waals surface area (Å²) in [6.45, 7) is 2.22. The first-order chi connectivity index (χ1) is 6.83. The van der Waals surface area contributed by atoms with Crippen LogP contribution in [0.3, 0.4) is 0 Å². The average molecular weight is 194 g/mol. The highest BCUT2D eigenvalue weighted by molar-refractivity contribution is 5.60. The molecule has 1 atom stereocenters. The molecule has 0 fully saturated rings. The lowest BCUT2D eigenvalue weighted by Gasteiger charge is -2.28. The fraction of sp³-hybridized carbons (Fsp3) is 0.769. The van der Waals surface area contributed by atoms with Crippen LogP contribution in [0.4, 0.5) is 0 Å². The van der Waals surface area contributed by atoms with E-state index < -0.39 is 0 Å². The van der Waals surface area contributed by atoms with Crippen LogP contribution < -0.4 is 0 Å². The highest BCUT2D eigenvalue weighted by Gasteiger charge is 2.28. The second kappa shape index (κ2) is 6.00. The Balaban J connectivity index is 2.30. The number of carbonyl (C=O) groups excluding carboxylic acids is 1. The minimum absolute atomic E-state index is 0.00247. The smallest absolute Gasteiger partial charge is 0.126 e. The molecule has 0 bridgehead atoms. The summed E-state index contributed by atoms with van der Waals surface area (Å²) in [6, 6.07) is 0. The molecule has 14 heavy (non-hydrogen) atoms. The Labute approximate surface area is 87.6 Å². The van der Waals surface area contributed by atoms with Crippen molar-refractivity contribution in [3.05, 3.63) is 12.2 Å². The molecule has 0 saturated heterocycles. The molecule has 0 N–H and O–H groups in total. The number of allylic oxidation sites excluding steroid dienone is 2. The van der Waals surface area contributed by atoms with Crippen LogP contribution in [-0.2, 0) is 4.79 Å². The third-order valence-corrected chi connectivity index (χ3v) is 3.28. The largest absolute Gasteiger partial charge is 0.303 e. The van der Waals surface area contributed by atoms with E-state index in [0.29, 0.717) is 0 Å². The zero-order valence-electron chi connectivity index (χ0n) is 9.30. The third kappa shape index (κ3) is 3.28. The minimum Gasteiger partial charge on any atom is -0.303 e. The van der Waals surface area contributed by atoms with E-state index >= 15 is 0 Å². The molecule has 0 aromatic carbocycles. The Morgan fingerprint density at radius 1 is 1.29 bits per heavy atom. The fourth-order valence-electron chi connectivity index (χ4n) is 2.21. The SMILES string of the molecule is CCCCCCC1(C=O)CC=CCC1. The van der Waals surface area contributed by atoms with Crippen molar-refractivity contribution in [3.8, 4) is 0 Å². The quantitative estimate of drug-likeness (QED) is 0.356. The highest BCUT2D eigenvalue weighted by Crippen LogP contribution is 2.35. The van der Waals surface area contributed by atoms with Crippen molar-refractivity contribution in [2.45, 2.75) is 58.3 Å². The van der Waals surface area contributed by atoms with Crippen LogP contribution in [0.1, 0.15) is 58.3 Å². The van der Waals surface area contributed by atoms with Crippen LogP contribution in [0.25, 0.3) is 0 Å². The van der Waals surface area contributed by atoms with Crippen molar-refractivity contribution in [2.24, 2.45) is 5.41 Å². The number of carbonyl (C=O) groups is 1. The molecule has 0 radical (unpaired) electrons. The first kappa shape index (κ1) is 11.5. The van der Waals surface area contributed by atoms with Crippen LogP contribution in [-0.4, -0.2) is 6.29 Å². The van der Waals surface area contributed by atoms with E-state index in [9.17, 15) is 4.79 Å². The van der Waals surface area contributed by atoms with Gasteiger partial charge in [-0.05, 0) is 25.7 Å². The lowest BCUT2D eigenvalue weighted by molar-refractivity contribution is -0.117. The molecule has 0 amide bonds. The predicted octanol–water partition coefficient (Wildman–Crippen LogP) is 3.88. The molecule has 0 saturated carbocycles. The number of rotatable bonds is 6. The molecular formula is C13H22O. The average Bonchev–Trinajstić information content (AvgIpc) is 2.26. The first-order valence-electron chi connectivity index (χ1n) is 5.94. The summed E-state index contributed by atoms with van der Waals surface area (Å²) in [5.41, 5.74) is 0.00247. The Bertz CT molecular complexity index is 195. The van der Waals surface area contributed by atoms with Crippen LogP contribution in [0.15, 0.2) is 12.2 Å². The predicted molar refractivity (Wildman–Crippen MR) is 60.2 cm³/mol. The maximum absolute atomic E-state index is 11.1. The second-order valence-electron chi connectivity index (χ2n) is 4.51. The van der Waals surface area contributed by atoms with Gasteiger partial charge < -0.3 is 4.79 Å². The van der Waals surface area contributed by atoms with Gasteiger partial charge in [0.25, 0.3) is 0 Å². The van der Waals surface area contributed by atoms with Gasteiger partial charge in [-0.3, -0.25) is 0 Å². The van der Waals surface area contributed by atoms with Gasteiger partial charge in [0.2, 0.25) is 0 Å². The molecule has 1 heteroatoms. The lowest BCUT2D eigenvalue weighted by Crippen LogP contribution is -2.23. The van der Waals surface area contributed by atoms with Gasteiger partial charge in [-0.1, -0.05) is 44.8 Å². The summed E-state index contributed by atoms with van der Waals surface area (Å²) >= 11 is 0. The van der Waals surface area contributed by atoms with Gasteiger partial charge >= 0.3 is 0 Å². The van der Waals surface area contributed by atoms with Crippen molar-refractivity contribution >= 4 is 6.29 Å². The topological polar surface area (TPSA) is 17.1 Å². The van der Waals surface area contributed by atoms with Crippen molar-refractivity contribution in [1.29, 1.82) is 0 Å². The van der Waals surface area contributed by atoms with Gasteiger partial charge in [-0.15, -0.1) is 0 Å². The van der Waals surface area contributed by atoms with Gasteiger partial charge in [0.1, 0.15) is 6.29 Å². The first-order valence-corrected chi connectivity index (χ1v) is 5.94. The zero-order valence-corrected chi connectivity index (χ0v) is 9.30. The number of unbranched alkanes of at least 4 members (excludes halogenated alkanes) is 3. The number of hydrogen-bond donors (Lipinski definition) is 0.